The summed E-state index contributed by atoms with van der Waals surface area (Å²) in [6.45, 7) is 5.41. The quantitative estimate of drug-likeness (QED) is 0.795. The Bertz CT molecular complexity index is 1120. The molecule has 27 heavy (non-hydrogen) atoms. The van der Waals surface area contributed by atoms with E-state index in [1.165, 1.54) is 16.8 Å². The first-order chi connectivity index (χ1) is 12.8. The maximum Gasteiger partial charge on any atom is 0.272 e. The topological polar surface area (TPSA) is 104 Å². The van der Waals surface area contributed by atoms with Gasteiger partial charge in [-0.3, -0.25) is 4.79 Å². The minimum atomic E-state index is -3.79. The van der Waals surface area contributed by atoms with Crippen LogP contribution in [-0.2, 0) is 17.1 Å². The van der Waals surface area contributed by atoms with Crippen LogP contribution in [0.3, 0.4) is 0 Å². The van der Waals surface area contributed by atoms with Crippen molar-refractivity contribution in [3.05, 3.63) is 65.5 Å². The van der Waals surface area contributed by atoms with Gasteiger partial charge in [0.15, 0.2) is 0 Å². The molecule has 2 N–H and O–H groups in total. The van der Waals surface area contributed by atoms with Gasteiger partial charge in [0.05, 0.1) is 17.7 Å². The van der Waals surface area contributed by atoms with Crippen LogP contribution in [0.1, 0.15) is 27.2 Å². The minimum absolute atomic E-state index is 0.0253. The number of aromatic nitrogens is 1. The van der Waals surface area contributed by atoms with Crippen LogP contribution in [0.4, 0.5) is 5.69 Å². The summed E-state index contributed by atoms with van der Waals surface area (Å²) in [7, 11) is -2.19. The van der Waals surface area contributed by atoms with Crippen molar-refractivity contribution >= 4 is 27.7 Å². The lowest BCUT2D eigenvalue weighted by molar-refractivity contribution is 0.101. The highest BCUT2D eigenvalue weighted by Crippen LogP contribution is 2.27. The molecular weight excluding hydrogens is 364 g/mol. The van der Waals surface area contributed by atoms with Gasteiger partial charge in [-0.15, -0.1) is 6.58 Å². The van der Waals surface area contributed by atoms with E-state index in [0.29, 0.717) is 16.8 Å². The average molecular weight is 382 g/mol. The summed E-state index contributed by atoms with van der Waals surface area (Å²) in [5, 5.41) is 11.9. The van der Waals surface area contributed by atoms with Crippen LogP contribution in [0, 0.1) is 18.3 Å². The van der Waals surface area contributed by atoms with E-state index < -0.39 is 22.0 Å². The Balaban J connectivity index is 2.04. The largest absolute Gasteiger partial charge is 0.345 e. The fourth-order valence-corrected chi connectivity index (χ4v) is 4.30. The van der Waals surface area contributed by atoms with Crippen LogP contribution in [0.15, 0.2) is 48.0 Å². The number of anilines is 1. The van der Waals surface area contributed by atoms with E-state index in [0.717, 1.165) is 5.56 Å². The zero-order chi connectivity index (χ0) is 19.8. The van der Waals surface area contributed by atoms with Crippen molar-refractivity contribution in [2.75, 3.05) is 5.32 Å². The van der Waals surface area contributed by atoms with E-state index in [2.05, 4.69) is 22.7 Å². The average Bonchev–Trinajstić information content (AvgIpc) is 2.91. The van der Waals surface area contributed by atoms with E-state index in [1.807, 2.05) is 0 Å². The van der Waals surface area contributed by atoms with Gasteiger partial charge < -0.3 is 9.88 Å². The molecule has 2 heterocycles. The molecule has 8 heteroatoms. The van der Waals surface area contributed by atoms with Gasteiger partial charge >= 0.3 is 0 Å². The molecule has 0 unspecified atom stereocenters. The molecule has 1 amide bonds. The molecule has 1 aromatic heterocycles. The van der Waals surface area contributed by atoms with Crippen molar-refractivity contribution in [2.45, 2.75) is 17.9 Å². The number of nitrogens with one attached hydrogen (secondary N) is 2. The van der Waals surface area contributed by atoms with E-state index in [9.17, 15) is 13.2 Å². The molecule has 0 spiro atoms. The summed E-state index contributed by atoms with van der Waals surface area (Å²) >= 11 is 0. The van der Waals surface area contributed by atoms with Crippen LogP contribution < -0.4 is 10.0 Å². The van der Waals surface area contributed by atoms with Crippen LogP contribution in [-0.4, -0.2) is 24.9 Å². The zero-order valence-corrected chi connectivity index (χ0v) is 15.7. The lowest BCUT2D eigenvalue weighted by Gasteiger charge is -2.09. The second-order valence-corrected chi connectivity index (χ2v) is 7.89. The number of nitriles is 1. The molecule has 0 radical (unpaired) electrons. The van der Waals surface area contributed by atoms with Crippen LogP contribution >= 0.6 is 0 Å². The second-order valence-electron chi connectivity index (χ2n) is 6.20. The number of amides is 1. The number of carbonyl (C=O) groups excluding carboxylic acids is 1. The van der Waals surface area contributed by atoms with Crippen molar-refractivity contribution in [3.63, 3.8) is 0 Å². The Kier molecular flexibility index (Phi) is 4.74. The van der Waals surface area contributed by atoms with Gasteiger partial charge in [0.25, 0.3) is 5.91 Å². The van der Waals surface area contributed by atoms with Crippen LogP contribution in [0.25, 0.3) is 6.08 Å². The molecular formula is C19H18N4O3S. The van der Waals surface area contributed by atoms with Crippen LogP contribution in [0.5, 0.6) is 0 Å². The number of sulfonamides is 1. The third-order valence-electron chi connectivity index (χ3n) is 4.32. The number of hydrogen-bond donors (Lipinski definition) is 2. The first-order valence-electron chi connectivity index (χ1n) is 8.11. The summed E-state index contributed by atoms with van der Waals surface area (Å²) < 4.78 is 29.1. The Morgan fingerprint density at radius 2 is 2.19 bits per heavy atom. The zero-order valence-electron chi connectivity index (χ0n) is 14.9. The molecule has 2 aromatic rings. The monoisotopic (exact) mass is 382 g/mol. The third kappa shape index (κ3) is 3.43. The number of aryl methyl sites for hydroxylation is 2. The SMILES string of the molecule is C=C[C@H]1C=Cc2c(cn(C)c2C(=O)Nc2ccc(C)c(C#N)c2)S(=O)(=O)N1. The Hall–Kier alpha value is -3.15. The summed E-state index contributed by atoms with van der Waals surface area (Å²) in [4.78, 5) is 12.9. The number of hydrogen-bond acceptors (Lipinski definition) is 4. The van der Waals surface area contributed by atoms with Crippen molar-refractivity contribution in [3.8, 4) is 6.07 Å². The smallest absolute Gasteiger partial charge is 0.272 e. The molecule has 0 saturated heterocycles. The highest BCUT2D eigenvalue weighted by Gasteiger charge is 2.29. The molecule has 7 nitrogen and oxygen atoms in total. The summed E-state index contributed by atoms with van der Waals surface area (Å²) in [6, 6.07) is 6.52. The van der Waals surface area contributed by atoms with E-state index in [1.54, 1.807) is 44.3 Å². The predicted molar refractivity (Wildman–Crippen MR) is 103 cm³/mol. The highest BCUT2D eigenvalue weighted by molar-refractivity contribution is 7.89. The first-order valence-corrected chi connectivity index (χ1v) is 9.59. The molecule has 0 saturated carbocycles. The van der Waals surface area contributed by atoms with Gasteiger partial charge in [0.1, 0.15) is 10.6 Å². The molecule has 0 fully saturated rings. The lowest BCUT2D eigenvalue weighted by atomic mass is 10.1. The lowest BCUT2D eigenvalue weighted by Crippen LogP contribution is -2.30. The Labute approximate surface area is 157 Å². The number of carbonyl (C=O) groups is 1. The van der Waals surface area contributed by atoms with E-state index in [-0.39, 0.29) is 10.6 Å². The van der Waals surface area contributed by atoms with Gasteiger partial charge in [-0.2, -0.15) is 5.26 Å². The number of nitrogens with zero attached hydrogens (tertiary/aromatic N) is 2. The molecule has 3 rings (SSSR count). The van der Waals surface area contributed by atoms with Crippen molar-refractivity contribution < 1.29 is 13.2 Å². The van der Waals surface area contributed by atoms with Gasteiger partial charge in [-0.05, 0) is 24.6 Å². The molecule has 1 aliphatic heterocycles. The van der Waals surface area contributed by atoms with E-state index >= 15 is 0 Å². The molecule has 0 bridgehead atoms. The molecule has 0 aliphatic carbocycles. The number of benzene rings is 1. The van der Waals surface area contributed by atoms with Gasteiger partial charge in [0.2, 0.25) is 10.0 Å². The molecule has 138 valence electrons. The second kappa shape index (κ2) is 6.87. The van der Waals surface area contributed by atoms with Gasteiger partial charge in [-0.25, -0.2) is 13.1 Å². The van der Waals surface area contributed by atoms with Gasteiger partial charge in [0, 0.05) is 24.5 Å². The molecule has 1 atom stereocenters. The fourth-order valence-electron chi connectivity index (χ4n) is 2.89. The maximum absolute atomic E-state index is 12.8. The normalized spacial score (nSPS) is 17.4. The van der Waals surface area contributed by atoms with Crippen molar-refractivity contribution in [1.29, 1.82) is 5.26 Å². The van der Waals surface area contributed by atoms with E-state index in [4.69, 9.17) is 5.26 Å². The fraction of sp³-hybridized carbons (Fsp3) is 0.158. The van der Waals surface area contributed by atoms with Crippen LogP contribution in [0.2, 0.25) is 0 Å². The number of rotatable bonds is 3. The summed E-state index contributed by atoms with van der Waals surface area (Å²) in [5.41, 5.74) is 2.23. The minimum Gasteiger partial charge on any atom is -0.345 e. The molecule has 1 aromatic carbocycles. The predicted octanol–water partition coefficient (Wildman–Crippen LogP) is 2.32. The van der Waals surface area contributed by atoms with Crippen molar-refractivity contribution in [2.24, 2.45) is 7.05 Å². The Morgan fingerprint density at radius 3 is 2.85 bits per heavy atom. The number of fused-ring (bicyclic) bond motifs is 1. The van der Waals surface area contributed by atoms with Gasteiger partial charge in [-0.1, -0.05) is 24.3 Å². The molecule has 1 aliphatic rings. The first kappa shape index (κ1) is 18.6. The van der Waals surface area contributed by atoms with Crippen molar-refractivity contribution in [1.82, 2.24) is 9.29 Å². The summed E-state index contributed by atoms with van der Waals surface area (Å²) in [5.74, 6) is -0.469. The Morgan fingerprint density at radius 1 is 1.44 bits per heavy atom. The highest BCUT2D eigenvalue weighted by atomic mass is 32.2. The third-order valence-corrected chi connectivity index (χ3v) is 5.81. The standard InChI is InChI=1S/C19H18N4O3S/c1-4-14-7-8-16-17(27(25,26)22-14)11-23(3)18(16)19(24)21-15-6-5-12(2)13(9-15)10-20/h4-9,11,14,22H,1H2,2-3H3,(H,21,24)/t14-/m0/s1. The maximum atomic E-state index is 12.8. The summed E-state index contributed by atoms with van der Waals surface area (Å²) in [6.07, 6.45) is 6.10.